The average Bonchev–Trinajstić information content (AvgIpc) is 2.88. The molecule has 35 heavy (non-hydrogen) atoms. The molecular formula is C28H26FN3O3. The minimum atomic E-state index is -0.447. The van der Waals surface area contributed by atoms with Crippen molar-refractivity contribution in [1.29, 1.82) is 0 Å². The second-order valence-electron chi connectivity index (χ2n) is 8.09. The van der Waals surface area contributed by atoms with Crippen molar-refractivity contribution in [3.8, 4) is 22.8 Å². The van der Waals surface area contributed by atoms with Gasteiger partial charge >= 0.3 is 0 Å². The van der Waals surface area contributed by atoms with Crippen LogP contribution < -0.4 is 20.9 Å². The van der Waals surface area contributed by atoms with Gasteiger partial charge in [0.2, 0.25) is 5.91 Å². The number of nitrogens with one attached hydrogen (secondary N) is 2. The first kappa shape index (κ1) is 23.9. The molecule has 3 aromatic carbocycles. The number of nitrogens with zero attached hydrogens (tertiary/aromatic N) is 1. The van der Waals surface area contributed by atoms with Gasteiger partial charge in [0.1, 0.15) is 23.0 Å². The van der Waals surface area contributed by atoms with E-state index < -0.39 is 6.04 Å². The third kappa shape index (κ3) is 5.83. The lowest BCUT2D eigenvalue weighted by Gasteiger charge is -2.17. The molecule has 0 aliphatic carbocycles. The highest BCUT2D eigenvalue weighted by Crippen LogP contribution is 2.24. The molecule has 1 amide bonds. The van der Waals surface area contributed by atoms with Crippen molar-refractivity contribution >= 4 is 11.6 Å². The van der Waals surface area contributed by atoms with E-state index in [-0.39, 0.29) is 29.5 Å². The van der Waals surface area contributed by atoms with Crippen LogP contribution in [0.4, 0.5) is 10.1 Å². The number of likely N-dealkylation sites (N-methyl/N-ethyl adjacent to an activating group) is 1. The highest BCUT2D eigenvalue weighted by atomic mass is 19.1. The van der Waals surface area contributed by atoms with Gasteiger partial charge in [-0.3, -0.25) is 9.59 Å². The van der Waals surface area contributed by atoms with Gasteiger partial charge in [-0.15, -0.1) is 0 Å². The molecule has 1 heterocycles. The van der Waals surface area contributed by atoms with Crippen molar-refractivity contribution in [2.75, 3.05) is 12.4 Å². The number of ether oxygens (including phenoxy) is 1. The van der Waals surface area contributed by atoms with Crippen LogP contribution in [0.2, 0.25) is 0 Å². The highest BCUT2D eigenvalue weighted by molar-refractivity contribution is 5.94. The van der Waals surface area contributed by atoms with E-state index in [1.54, 1.807) is 42.8 Å². The largest absolute Gasteiger partial charge is 0.457 e. The first-order valence-electron chi connectivity index (χ1n) is 11.2. The molecule has 0 saturated carbocycles. The molecule has 0 aliphatic rings. The molecule has 0 fully saturated rings. The molecule has 4 aromatic rings. The van der Waals surface area contributed by atoms with E-state index in [1.807, 2.05) is 54.6 Å². The van der Waals surface area contributed by atoms with Gasteiger partial charge in [0.15, 0.2) is 0 Å². The van der Waals surface area contributed by atoms with Crippen LogP contribution in [0.5, 0.6) is 11.5 Å². The summed E-state index contributed by atoms with van der Waals surface area (Å²) in [5, 5.41) is 5.59. The summed E-state index contributed by atoms with van der Waals surface area (Å²) in [5.41, 5.74) is 2.32. The van der Waals surface area contributed by atoms with Gasteiger partial charge in [0.25, 0.3) is 5.56 Å². The summed E-state index contributed by atoms with van der Waals surface area (Å²) >= 11 is 0. The second-order valence-corrected chi connectivity index (χ2v) is 8.09. The molecule has 1 aromatic heterocycles. The predicted octanol–water partition coefficient (Wildman–Crippen LogP) is 5.04. The monoisotopic (exact) mass is 471 g/mol. The lowest BCUT2D eigenvalue weighted by atomic mass is 10.1. The van der Waals surface area contributed by atoms with Gasteiger partial charge in [-0.2, -0.15) is 0 Å². The number of anilines is 1. The van der Waals surface area contributed by atoms with Gasteiger partial charge in [-0.05, 0) is 73.6 Å². The molecule has 0 unspecified atom stereocenters. The zero-order valence-corrected chi connectivity index (χ0v) is 19.5. The molecule has 0 radical (unpaired) electrons. The van der Waals surface area contributed by atoms with Crippen molar-refractivity contribution in [3.63, 3.8) is 0 Å². The van der Waals surface area contributed by atoms with E-state index in [1.165, 1.54) is 12.1 Å². The number of rotatable bonds is 8. The Hall–Kier alpha value is -4.23. The number of amides is 1. The van der Waals surface area contributed by atoms with Gasteiger partial charge in [-0.1, -0.05) is 42.5 Å². The Labute approximate surface area is 203 Å². The van der Waals surface area contributed by atoms with Crippen molar-refractivity contribution in [2.24, 2.45) is 0 Å². The number of benzene rings is 3. The van der Waals surface area contributed by atoms with E-state index in [9.17, 15) is 14.0 Å². The summed E-state index contributed by atoms with van der Waals surface area (Å²) in [6, 6.07) is 25.7. The normalized spacial score (nSPS) is 11.6. The number of hydrogen-bond acceptors (Lipinski definition) is 4. The number of aromatic nitrogens is 1. The zero-order valence-electron chi connectivity index (χ0n) is 19.5. The fourth-order valence-electron chi connectivity index (χ4n) is 3.59. The van der Waals surface area contributed by atoms with Crippen LogP contribution in [0.25, 0.3) is 11.3 Å². The maximum Gasteiger partial charge on any atom is 0.275 e. The van der Waals surface area contributed by atoms with Crippen molar-refractivity contribution in [2.45, 2.75) is 19.5 Å². The first-order chi connectivity index (χ1) is 16.9. The Morgan fingerprint density at radius 1 is 0.943 bits per heavy atom. The minimum Gasteiger partial charge on any atom is -0.457 e. The Morgan fingerprint density at radius 2 is 1.69 bits per heavy atom. The number of carbonyl (C=O) groups excluding carboxylic acids is 1. The third-order valence-corrected chi connectivity index (χ3v) is 5.62. The van der Waals surface area contributed by atoms with Crippen molar-refractivity contribution in [3.05, 3.63) is 113 Å². The zero-order chi connectivity index (χ0) is 24.8. The van der Waals surface area contributed by atoms with Crippen LogP contribution >= 0.6 is 0 Å². The lowest BCUT2D eigenvalue weighted by Crippen LogP contribution is -2.37. The lowest BCUT2D eigenvalue weighted by molar-refractivity contribution is -0.117. The standard InChI is InChI=1S/C28H26FN3O3/c1-19(30-2)27(33)31-25-15-16-26(21-8-4-3-5-9-21)32(28(25)34)18-20-7-6-10-24(17-20)35-23-13-11-22(29)12-14-23/h3-17,19,30H,18H2,1-2H3,(H,31,33)/t19-/m0/s1. The SMILES string of the molecule is CN[C@@H](C)C(=O)Nc1ccc(-c2ccccc2)n(Cc2cccc(Oc3ccc(F)cc3)c2)c1=O. The van der Waals surface area contributed by atoms with Gasteiger partial charge in [0.05, 0.1) is 18.3 Å². The fourth-order valence-corrected chi connectivity index (χ4v) is 3.59. The van der Waals surface area contributed by atoms with Crippen LogP contribution in [0.15, 0.2) is 95.8 Å². The van der Waals surface area contributed by atoms with Crippen molar-refractivity contribution < 1.29 is 13.9 Å². The van der Waals surface area contributed by atoms with Crippen molar-refractivity contribution in [1.82, 2.24) is 9.88 Å². The quantitative estimate of drug-likeness (QED) is 0.378. The van der Waals surface area contributed by atoms with E-state index in [4.69, 9.17) is 4.74 Å². The van der Waals surface area contributed by atoms with Crippen LogP contribution in [0.3, 0.4) is 0 Å². The number of carbonyl (C=O) groups is 1. The van der Waals surface area contributed by atoms with E-state index in [0.717, 1.165) is 16.8 Å². The Kier molecular flexibility index (Phi) is 7.38. The highest BCUT2D eigenvalue weighted by Gasteiger charge is 2.16. The molecule has 2 N–H and O–H groups in total. The van der Waals surface area contributed by atoms with E-state index in [2.05, 4.69) is 10.6 Å². The minimum absolute atomic E-state index is 0.204. The average molecular weight is 472 g/mol. The number of halogens is 1. The molecule has 0 spiro atoms. The molecule has 7 heteroatoms. The smallest absolute Gasteiger partial charge is 0.275 e. The number of hydrogen-bond donors (Lipinski definition) is 2. The van der Waals surface area contributed by atoms with Crippen LogP contribution in [-0.4, -0.2) is 23.6 Å². The van der Waals surface area contributed by atoms with Gasteiger partial charge in [0, 0.05) is 0 Å². The van der Waals surface area contributed by atoms with Crippen LogP contribution in [0.1, 0.15) is 12.5 Å². The fraction of sp³-hybridized carbons (Fsp3) is 0.143. The van der Waals surface area contributed by atoms with E-state index in [0.29, 0.717) is 11.5 Å². The maximum absolute atomic E-state index is 13.5. The molecule has 178 valence electrons. The number of pyridine rings is 1. The molecule has 4 rings (SSSR count). The van der Waals surface area contributed by atoms with Gasteiger partial charge in [-0.25, -0.2) is 4.39 Å². The third-order valence-electron chi connectivity index (χ3n) is 5.62. The topological polar surface area (TPSA) is 72.4 Å². The maximum atomic E-state index is 13.5. The van der Waals surface area contributed by atoms with Gasteiger partial charge < -0.3 is 19.9 Å². The van der Waals surface area contributed by atoms with Crippen LogP contribution in [0, 0.1) is 5.82 Å². The molecule has 0 aliphatic heterocycles. The summed E-state index contributed by atoms with van der Waals surface area (Å²) in [6.45, 7) is 1.98. The molecule has 1 atom stereocenters. The summed E-state index contributed by atoms with van der Waals surface area (Å²) in [4.78, 5) is 25.9. The predicted molar refractivity (Wildman–Crippen MR) is 135 cm³/mol. The molecule has 6 nitrogen and oxygen atoms in total. The van der Waals surface area contributed by atoms with E-state index >= 15 is 0 Å². The Balaban J connectivity index is 1.69. The molecule has 0 bridgehead atoms. The summed E-state index contributed by atoms with van der Waals surface area (Å²) in [7, 11) is 1.68. The summed E-state index contributed by atoms with van der Waals surface area (Å²) < 4.78 is 20.7. The molecular weight excluding hydrogens is 445 g/mol. The summed E-state index contributed by atoms with van der Waals surface area (Å²) in [5.74, 6) is 0.443. The Morgan fingerprint density at radius 3 is 2.40 bits per heavy atom. The summed E-state index contributed by atoms with van der Waals surface area (Å²) in [6.07, 6.45) is 0. The molecule has 0 saturated heterocycles. The second kappa shape index (κ2) is 10.8. The Bertz CT molecular complexity index is 1370. The van der Waals surface area contributed by atoms with Crippen LogP contribution in [-0.2, 0) is 11.3 Å². The first-order valence-corrected chi connectivity index (χ1v) is 11.2.